The summed E-state index contributed by atoms with van der Waals surface area (Å²) in [6.07, 6.45) is 8.34. The molecule has 1 saturated carbocycles. The molecule has 2 heterocycles. The zero-order valence-corrected chi connectivity index (χ0v) is 13.1. The number of hydrogen-bond acceptors (Lipinski definition) is 3. The molecule has 5 heteroatoms. The van der Waals surface area contributed by atoms with Crippen molar-refractivity contribution in [3.8, 4) is 0 Å². The molecule has 0 radical (unpaired) electrons. The van der Waals surface area contributed by atoms with Crippen LogP contribution in [-0.2, 0) is 14.3 Å². The molecule has 1 atom stereocenters. The van der Waals surface area contributed by atoms with Gasteiger partial charge in [-0.05, 0) is 39.5 Å². The second-order valence-corrected chi connectivity index (χ2v) is 7.38. The Morgan fingerprint density at radius 1 is 1.19 bits per heavy atom. The zero-order chi connectivity index (χ0) is 15.1. The maximum atomic E-state index is 12.4. The van der Waals surface area contributed by atoms with Crippen molar-refractivity contribution < 1.29 is 14.3 Å². The molecule has 0 bridgehead atoms. The zero-order valence-electron chi connectivity index (χ0n) is 13.1. The summed E-state index contributed by atoms with van der Waals surface area (Å²) < 4.78 is 6.32. The molecule has 3 aliphatic rings. The fraction of sp³-hybridized carbons (Fsp3) is 0.875. The Labute approximate surface area is 126 Å². The first kappa shape index (κ1) is 14.8. The quantitative estimate of drug-likeness (QED) is 0.841. The van der Waals surface area contributed by atoms with Gasteiger partial charge in [0.25, 0.3) is 0 Å². The first-order chi connectivity index (χ1) is 9.90. The Bertz CT molecular complexity index is 441. The highest BCUT2D eigenvalue weighted by atomic mass is 16.5. The summed E-state index contributed by atoms with van der Waals surface area (Å²) in [4.78, 5) is 25.8. The predicted molar refractivity (Wildman–Crippen MR) is 78.7 cm³/mol. The van der Waals surface area contributed by atoms with Gasteiger partial charge in [-0.25, -0.2) is 0 Å². The van der Waals surface area contributed by atoms with E-state index in [2.05, 4.69) is 5.32 Å². The van der Waals surface area contributed by atoms with Gasteiger partial charge in [-0.15, -0.1) is 0 Å². The number of piperazine rings is 1. The Hall–Kier alpha value is -1.10. The van der Waals surface area contributed by atoms with Gasteiger partial charge in [0.2, 0.25) is 11.8 Å². The van der Waals surface area contributed by atoms with Crippen LogP contribution in [0.4, 0.5) is 0 Å². The molecule has 1 aliphatic carbocycles. The van der Waals surface area contributed by atoms with Crippen molar-refractivity contribution in [1.82, 2.24) is 10.2 Å². The van der Waals surface area contributed by atoms with Gasteiger partial charge in [0.1, 0.15) is 5.54 Å². The molecule has 0 aromatic rings. The normalized spacial score (nSPS) is 31.5. The van der Waals surface area contributed by atoms with Crippen LogP contribution in [0.15, 0.2) is 0 Å². The lowest BCUT2D eigenvalue weighted by Gasteiger charge is -2.39. The Balaban J connectivity index is 1.62. The minimum atomic E-state index is -0.795. The molecule has 118 valence electrons. The van der Waals surface area contributed by atoms with E-state index in [1.54, 1.807) is 18.7 Å². The molecule has 1 unspecified atom stereocenters. The van der Waals surface area contributed by atoms with E-state index >= 15 is 0 Å². The van der Waals surface area contributed by atoms with Gasteiger partial charge < -0.3 is 15.0 Å². The van der Waals surface area contributed by atoms with E-state index in [9.17, 15) is 9.59 Å². The number of hydrogen-bond donors (Lipinski definition) is 1. The van der Waals surface area contributed by atoms with Crippen LogP contribution in [0.3, 0.4) is 0 Å². The smallest absolute Gasteiger partial charge is 0.248 e. The van der Waals surface area contributed by atoms with Crippen molar-refractivity contribution >= 4 is 11.8 Å². The highest BCUT2D eigenvalue weighted by Crippen LogP contribution is 2.42. The van der Waals surface area contributed by atoms with Gasteiger partial charge in [0.05, 0.1) is 18.2 Å². The summed E-state index contributed by atoms with van der Waals surface area (Å²) in [5, 5.41) is 2.75. The molecule has 3 rings (SSSR count). The molecular weight excluding hydrogens is 268 g/mol. The second kappa shape index (κ2) is 5.27. The second-order valence-electron chi connectivity index (χ2n) is 7.38. The lowest BCUT2D eigenvalue weighted by atomic mass is 9.83. The lowest BCUT2D eigenvalue weighted by molar-refractivity contribution is -0.151. The van der Waals surface area contributed by atoms with E-state index in [-0.39, 0.29) is 30.1 Å². The van der Waals surface area contributed by atoms with Crippen LogP contribution in [0.25, 0.3) is 0 Å². The summed E-state index contributed by atoms with van der Waals surface area (Å²) in [5.41, 5.74) is -0.726. The van der Waals surface area contributed by atoms with Crippen molar-refractivity contribution in [3.63, 3.8) is 0 Å². The van der Waals surface area contributed by atoms with E-state index in [4.69, 9.17) is 4.74 Å². The van der Waals surface area contributed by atoms with Crippen LogP contribution in [0.5, 0.6) is 0 Å². The van der Waals surface area contributed by atoms with E-state index in [1.165, 1.54) is 19.3 Å². The number of nitrogens with zero attached hydrogens (tertiary/aromatic N) is 1. The molecule has 3 fully saturated rings. The maximum Gasteiger partial charge on any atom is 0.248 e. The molecule has 0 aromatic heterocycles. The first-order valence-corrected chi connectivity index (χ1v) is 8.18. The largest absolute Gasteiger partial charge is 0.370 e. The van der Waals surface area contributed by atoms with Crippen LogP contribution in [0.2, 0.25) is 0 Å². The number of carbonyl (C=O) groups is 2. The molecule has 1 spiro atoms. The third-order valence-electron chi connectivity index (χ3n) is 5.14. The van der Waals surface area contributed by atoms with Crippen molar-refractivity contribution in [3.05, 3.63) is 0 Å². The number of amides is 2. The van der Waals surface area contributed by atoms with Crippen LogP contribution in [-0.4, -0.2) is 47.0 Å². The predicted octanol–water partition coefficient (Wildman–Crippen LogP) is 1.61. The number of rotatable bonds is 2. The monoisotopic (exact) mass is 294 g/mol. The molecular formula is C16H26N2O3. The van der Waals surface area contributed by atoms with Gasteiger partial charge in [-0.3, -0.25) is 9.59 Å². The third-order valence-corrected chi connectivity index (χ3v) is 5.14. The average molecular weight is 294 g/mol. The average Bonchev–Trinajstić information content (AvgIpc) is 2.78. The SMILES string of the molecule is CC1(C)NC(=O)CN(CC2CCC3(CCCCC3)O2)C1=O. The molecule has 2 amide bonds. The first-order valence-electron chi connectivity index (χ1n) is 8.18. The van der Waals surface area contributed by atoms with Crippen molar-refractivity contribution in [2.75, 3.05) is 13.1 Å². The Morgan fingerprint density at radius 2 is 1.90 bits per heavy atom. The van der Waals surface area contributed by atoms with Crippen LogP contribution < -0.4 is 5.32 Å². The maximum absolute atomic E-state index is 12.4. The van der Waals surface area contributed by atoms with Crippen LogP contribution in [0.1, 0.15) is 58.8 Å². The van der Waals surface area contributed by atoms with Crippen molar-refractivity contribution in [2.45, 2.75) is 76.0 Å². The molecule has 0 aromatic carbocycles. The van der Waals surface area contributed by atoms with E-state index < -0.39 is 5.54 Å². The highest BCUT2D eigenvalue weighted by molar-refractivity contribution is 5.97. The summed E-state index contributed by atoms with van der Waals surface area (Å²) in [6.45, 7) is 4.24. The van der Waals surface area contributed by atoms with Crippen LogP contribution >= 0.6 is 0 Å². The lowest BCUT2D eigenvalue weighted by Crippen LogP contribution is -2.64. The topological polar surface area (TPSA) is 58.6 Å². The number of ether oxygens (including phenoxy) is 1. The van der Waals surface area contributed by atoms with E-state index in [0.29, 0.717) is 6.54 Å². The van der Waals surface area contributed by atoms with Crippen molar-refractivity contribution in [2.24, 2.45) is 0 Å². The fourth-order valence-electron chi connectivity index (χ4n) is 4.06. The summed E-state index contributed by atoms with van der Waals surface area (Å²) in [6, 6.07) is 0. The van der Waals surface area contributed by atoms with Gasteiger partial charge in [0, 0.05) is 6.54 Å². The fourth-order valence-corrected chi connectivity index (χ4v) is 4.06. The molecule has 21 heavy (non-hydrogen) atoms. The summed E-state index contributed by atoms with van der Waals surface area (Å²) in [5.74, 6) is -0.0831. The van der Waals surface area contributed by atoms with Gasteiger partial charge in [-0.1, -0.05) is 19.3 Å². The summed E-state index contributed by atoms with van der Waals surface area (Å²) >= 11 is 0. The molecule has 2 aliphatic heterocycles. The van der Waals surface area contributed by atoms with Gasteiger partial charge >= 0.3 is 0 Å². The summed E-state index contributed by atoms with van der Waals surface area (Å²) in [7, 11) is 0. The molecule has 5 nitrogen and oxygen atoms in total. The molecule has 1 N–H and O–H groups in total. The standard InChI is InChI=1S/C16H26N2O3/c1-15(2)14(20)18(11-13(19)17-15)10-12-6-9-16(21-12)7-4-3-5-8-16/h12H,3-11H2,1-2H3,(H,17,19). The molecule has 2 saturated heterocycles. The number of nitrogens with one attached hydrogen (secondary N) is 1. The minimum Gasteiger partial charge on any atom is -0.370 e. The highest BCUT2D eigenvalue weighted by Gasteiger charge is 2.44. The van der Waals surface area contributed by atoms with E-state index in [1.807, 2.05) is 0 Å². The van der Waals surface area contributed by atoms with E-state index in [0.717, 1.165) is 25.7 Å². The Kier molecular flexibility index (Phi) is 3.72. The number of carbonyl (C=O) groups excluding carboxylic acids is 2. The Morgan fingerprint density at radius 3 is 2.62 bits per heavy atom. The minimum absolute atomic E-state index is 0.00436. The van der Waals surface area contributed by atoms with Gasteiger partial charge in [-0.2, -0.15) is 0 Å². The van der Waals surface area contributed by atoms with Gasteiger partial charge in [0.15, 0.2) is 0 Å². The van der Waals surface area contributed by atoms with Crippen LogP contribution in [0, 0.1) is 0 Å². The third kappa shape index (κ3) is 2.93. The van der Waals surface area contributed by atoms with Crippen molar-refractivity contribution in [1.29, 1.82) is 0 Å².